The average Bonchev–Trinajstić information content (AvgIpc) is 2.99. The predicted molar refractivity (Wildman–Crippen MR) is 105 cm³/mol. The molecule has 2 amide bonds. The summed E-state index contributed by atoms with van der Waals surface area (Å²) in [5, 5.41) is 0. The van der Waals surface area contributed by atoms with Gasteiger partial charge >= 0.3 is 5.97 Å². The molecule has 0 N–H and O–H groups in total. The number of fused-ring (bicyclic) bond motifs is 1. The van der Waals surface area contributed by atoms with E-state index in [2.05, 4.69) is 0 Å². The average molecular weight is 377 g/mol. The van der Waals surface area contributed by atoms with E-state index in [1.165, 1.54) is 4.90 Å². The van der Waals surface area contributed by atoms with Crippen LogP contribution in [0.3, 0.4) is 0 Å². The number of hydrogen-bond donors (Lipinski definition) is 0. The van der Waals surface area contributed by atoms with Crippen LogP contribution in [0.25, 0.3) is 0 Å². The van der Waals surface area contributed by atoms with Crippen LogP contribution >= 0.6 is 0 Å². The Hall–Kier alpha value is -2.95. The summed E-state index contributed by atoms with van der Waals surface area (Å²) in [4.78, 5) is 39.4. The lowest BCUT2D eigenvalue weighted by atomic mass is 9.81. The summed E-state index contributed by atoms with van der Waals surface area (Å²) in [5.41, 5.74) is 1.68. The molecule has 0 bridgehead atoms. The van der Waals surface area contributed by atoms with E-state index in [4.69, 9.17) is 4.74 Å². The predicted octanol–water partition coefficient (Wildman–Crippen LogP) is 4.28. The van der Waals surface area contributed by atoms with Crippen molar-refractivity contribution in [3.63, 3.8) is 0 Å². The smallest absolute Gasteiger partial charge is 0.338 e. The van der Waals surface area contributed by atoms with E-state index in [1.54, 1.807) is 24.3 Å². The second-order valence-electron chi connectivity index (χ2n) is 7.52. The van der Waals surface area contributed by atoms with Crippen LogP contribution in [0.1, 0.15) is 54.6 Å². The number of rotatable bonds is 4. The van der Waals surface area contributed by atoms with E-state index in [0.717, 1.165) is 31.2 Å². The lowest BCUT2D eigenvalue weighted by Crippen LogP contribution is -2.31. The second-order valence-corrected chi connectivity index (χ2v) is 7.52. The SMILES string of the molecule is C[C@@H](OC(=O)c1cccc(N2C(=O)[C@H]3CCCC[C@H]3C2=O)c1)c1ccccc1. The largest absolute Gasteiger partial charge is 0.454 e. The van der Waals surface area contributed by atoms with Crippen molar-refractivity contribution in [2.24, 2.45) is 11.8 Å². The summed E-state index contributed by atoms with van der Waals surface area (Å²) in [6.07, 6.45) is 3.11. The normalized spacial score (nSPS) is 22.7. The maximum Gasteiger partial charge on any atom is 0.338 e. The van der Waals surface area contributed by atoms with Crippen molar-refractivity contribution in [2.45, 2.75) is 38.7 Å². The summed E-state index contributed by atoms with van der Waals surface area (Å²) in [7, 11) is 0. The molecular formula is C23H23NO4. The van der Waals surface area contributed by atoms with Gasteiger partial charge in [0.25, 0.3) is 0 Å². The van der Waals surface area contributed by atoms with Crippen molar-refractivity contribution >= 4 is 23.5 Å². The molecule has 1 saturated carbocycles. The van der Waals surface area contributed by atoms with Gasteiger partial charge in [0.2, 0.25) is 11.8 Å². The molecule has 1 saturated heterocycles. The van der Waals surface area contributed by atoms with Crippen LogP contribution in [0.2, 0.25) is 0 Å². The van der Waals surface area contributed by atoms with Crippen molar-refractivity contribution in [1.29, 1.82) is 0 Å². The van der Waals surface area contributed by atoms with Crippen molar-refractivity contribution in [3.8, 4) is 0 Å². The minimum atomic E-state index is -0.477. The Bertz CT molecular complexity index is 884. The topological polar surface area (TPSA) is 63.7 Å². The van der Waals surface area contributed by atoms with Gasteiger partial charge in [0.15, 0.2) is 0 Å². The maximum absolute atomic E-state index is 12.8. The van der Waals surface area contributed by atoms with Gasteiger partial charge in [-0.25, -0.2) is 4.79 Å². The summed E-state index contributed by atoms with van der Waals surface area (Å²) in [6.45, 7) is 1.81. The highest BCUT2D eigenvalue weighted by atomic mass is 16.5. The van der Waals surface area contributed by atoms with Gasteiger partial charge in [-0.2, -0.15) is 0 Å². The van der Waals surface area contributed by atoms with Crippen molar-refractivity contribution in [2.75, 3.05) is 4.90 Å². The summed E-state index contributed by atoms with van der Waals surface area (Å²) in [6, 6.07) is 16.1. The Labute approximate surface area is 164 Å². The molecule has 0 unspecified atom stereocenters. The lowest BCUT2D eigenvalue weighted by Gasteiger charge is -2.19. The monoisotopic (exact) mass is 377 g/mol. The fraction of sp³-hybridized carbons (Fsp3) is 0.348. The van der Waals surface area contributed by atoms with Gasteiger partial charge in [-0.15, -0.1) is 0 Å². The standard InChI is InChI=1S/C23H23NO4/c1-15(16-8-3-2-4-9-16)28-23(27)17-10-7-11-18(14-17)24-21(25)19-12-5-6-13-20(19)22(24)26/h2-4,7-11,14-15,19-20H,5-6,12-13H2,1H3/t15-,19-,20+/m1/s1. The van der Waals surface area contributed by atoms with Gasteiger partial charge in [-0.05, 0) is 43.5 Å². The van der Waals surface area contributed by atoms with Crippen LogP contribution in [0, 0.1) is 11.8 Å². The molecule has 1 heterocycles. The van der Waals surface area contributed by atoms with Crippen LogP contribution in [-0.2, 0) is 14.3 Å². The number of imide groups is 1. The molecule has 1 aliphatic heterocycles. The molecule has 2 aromatic rings. The molecule has 1 aliphatic carbocycles. The van der Waals surface area contributed by atoms with E-state index in [1.807, 2.05) is 37.3 Å². The fourth-order valence-corrected chi connectivity index (χ4v) is 4.21. The first kappa shape index (κ1) is 18.4. The van der Waals surface area contributed by atoms with Crippen LogP contribution in [0.5, 0.6) is 0 Å². The number of amides is 2. The summed E-state index contributed by atoms with van der Waals surface area (Å²) >= 11 is 0. The molecule has 28 heavy (non-hydrogen) atoms. The third-order valence-electron chi connectivity index (χ3n) is 5.73. The van der Waals surface area contributed by atoms with Gasteiger partial charge in [0.1, 0.15) is 6.10 Å². The highest BCUT2D eigenvalue weighted by Crippen LogP contribution is 2.40. The Morgan fingerprint density at radius 2 is 1.61 bits per heavy atom. The number of benzene rings is 2. The number of ether oxygens (including phenoxy) is 1. The van der Waals surface area contributed by atoms with Crippen LogP contribution in [-0.4, -0.2) is 17.8 Å². The van der Waals surface area contributed by atoms with E-state index in [9.17, 15) is 14.4 Å². The molecule has 0 radical (unpaired) electrons. The zero-order chi connectivity index (χ0) is 19.7. The minimum Gasteiger partial charge on any atom is -0.454 e. The molecule has 5 nitrogen and oxygen atoms in total. The number of hydrogen-bond acceptors (Lipinski definition) is 4. The number of nitrogens with zero attached hydrogens (tertiary/aromatic N) is 1. The number of carbonyl (C=O) groups excluding carboxylic acids is 3. The Morgan fingerprint density at radius 1 is 0.964 bits per heavy atom. The minimum absolute atomic E-state index is 0.141. The molecule has 144 valence electrons. The van der Waals surface area contributed by atoms with Crippen LogP contribution < -0.4 is 4.90 Å². The van der Waals surface area contributed by atoms with E-state index >= 15 is 0 Å². The van der Waals surface area contributed by atoms with Crippen molar-refractivity contribution in [3.05, 3.63) is 65.7 Å². The van der Waals surface area contributed by atoms with Gasteiger partial charge < -0.3 is 4.74 Å². The summed E-state index contributed by atoms with van der Waals surface area (Å²) in [5.74, 6) is -1.18. The molecule has 0 aromatic heterocycles. The Balaban J connectivity index is 1.54. The van der Waals surface area contributed by atoms with E-state index < -0.39 is 12.1 Å². The zero-order valence-corrected chi connectivity index (χ0v) is 15.8. The van der Waals surface area contributed by atoms with Crippen molar-refractivity contribution < 1.29 is 19.1 Å². The molecule has 2 aromatic carbocycles. The fourth-order valence-electron chi connectivity index (χ4n) is 4.21. The third kappa shape index (κ3) is 3.33. The first-order valence-electron chi connectivity index (χ1n) is 9.80. The van der Waals surface area contributed by atoms with Gasteiger partial charge in [-0.1, -0.05) is 49.2 Å². The molecule has 5 heteroatoms. The van der Waals surface area contributed by atoms with Crippen molar-refractivity contribution in [1.82, 2.24) is 0 Å². The third-order valence-corrected chi connectivity index (χ3v) is 5.73. The van der Waals surface area contributed by atoms with Crippen LogP contribution in [0.4, 0.5) is 5.69 Å². The maximum atomic E-state index is 12.8. The first-order valence-corrected chi connectivity index (χ1v) is 9.80. The lowest BCUT2D eigenvalue weighted by molar-refractivity contribution is -0.122. The number of anilines is 1. The number of esters is 1. The van der Waals surface area contributed by atoms with E-state index in [-0.39, 0.29) is 23.7 Å². The van der Waals surface area contributed by atoms with Gasteiger partial charge in [-0.3, -0.25) is 14.5 Å². The highest BCUT2D eigenvalue weighted by Gasteiger charge is 2.48. The highest BCUT2D eigenvalue weighted by molar-refractivity contribution is 6.22. The first-order chi connectivity index (χ1) is 13.6. The van der Waals surface area contributed by atoms with Crippen LogP contribution in [0.15, 0.2) is 54.6 Å². The zero-order valence-electron chi connectivity index (χ0n) is 15.8. The summed E-state index contributed by atoms with van der Waals surface area (Å²) < 4.78 is 5.56. The number of carbonyl (C=O) groups is 3. The Kier molecular flexibility index (Phi) is 4.99. The molecule has 0 spiro atoms. The van der Waals surface area contributed by atoms with E-state index in [0.29, 0.717) is 11.3 Å². The quantitative estimate of drug-likeness (QED) is 0.589. The molecule has 4 rings (SSSR count). The molecule has 2 aliphatic rings. The Morgan fingerprint density at radius 3 is 2.25 bits per heavy atom. The molecule has 2 fully saturated rings. The van der Waals surface area contributed by atoms with Gasteiger partial charge in [0.05, 0.1) is 23.1 Å². The molecular weight excluding hydrogens is 354 g/mol. The van der Waals surface area contributed by atoms with Gasteiger partial charge in [0, 0.05) is 0 Å². The molecule has 3 atom stereocenters. The second kappa shape index (κ2) is 7.58.